The summed E-state index contributed by atoms with van der Waals surface area (Å²) in [4.78, 5) is 13.7. The summed E-state index contributed by atoms with van der Waals surface area (Å²) in [5.74, 6) is 3.77. The maximum absolute atomic E-state index is 12.1. The Hall–Kier alpha value is -4.37. The minimum Gasteiger partial charge on any atom is -0.481 e. The minimum absolute atomic E-state index is 0.0400. The molecule has 1 amide bonds. The highest BCUT2D eigenvalue weighted by molar-refractivity contribution is 6.01. The number of rotatable bonds is 6. The van der Waals surface area contributed by atoms with Crippen molar-refractivity contribution >= 4 is 28.2 Å². The van der Waals surface area contributed by atoms with E-state index in [9.17, 15) is 4.79 Å². The molecule has 0 aliphatic carbocycles. The second-order valence-corrected chi connectivity index (χ2v) is 7.36. The van der Waals surface area contributed by atoms with Gasteiger partial charge >= 0.3 is 0 Å². The van der Waals surface area contributed by atoms with E-state index in [1.54, 1.807) is 31.1 Å². The number of hydrogen-bond donors (Lipinski definition) is 1. The zero-order valence-electron chi connectivity index (χ0n) is 17.9. The molecule has 0 spiro atoms. The largest absolute Gasteiger partial charge is 0.481 e. The van der Waals surface area contributed by atoms with Gasteiger partial charge in [-0.05, 0) is 48.5 Å². The van der Waals surface area contributed by atoms with Gasteiger partial charge in [0.1, 0.15) is 18.1 Å². The van der Waals surface area contributed by atoms with Gasteiger partial charge in [-0.15, -0.1) is 16.6 Å². The quantitative estimate of drug-likeness (QED) is 0.454. The summed E-state index contributed by atoms with van der Waals surface area (Å²) in [5, 5.41) is 14.2. The first-order valence-corrected chi connectivity index (χ1v) is 10.1. The van der Waals surface area contributed by atoms with Gasteiger partial charge in [0.05, 0.1) is 0 Å². The van der Waals surface area contributed by atoms with Crippen molar-refractivity contribution < 1.29 is 9.53 Å². The van der Waals surface area contributed by atoms with E-state index in [1.165, 1.54) is 0 Å². The van der Waals surface area contributed by atoms with Crippen molar-refractivity contribution in [2.75, 3.05) is 26.0 Å². The van der Waals surface area contributed by atoms with Crippen LogP contribution in [0.4, 0.5) is 11.5 Å². The summed E-state index contributed by atoms with van der Waals surface area (Å²) in [7, 11) is 3.46. The number of aromatic nitrogens is 2. The molecule has 0 saturated carbocycles. The molecule has 0 fully saturated rings. The zero-order chi connectivity index (χ0) is 22.5. The van der Waals surface area contributed by atoms with Crippen molar-refractivity contribution in [2.24, 2.45) is 0 Å². The molecule has 1 aromatic heterocycles. The fraction of sp³-hybridized carbons (Fsp3) is 0.115. The number of anilines is 2. The number of nitrogens with zero attached hydrogens (tertiary/aromatic N) is 3. The monoisotopic (exact) mass is 422 g/mol. The van der Waals surface area contributed by atoms with Crippen molar-refractivity contribution in [1.29, 1.82) is 0 Å². The lowest BCUT2D eigenvalue weighted by Gasteiger charge is -2.13. The average molecular weight is 422 g/mol. The van der Waals surface area contributed by atoms with E-state index in [0.29, 0.717) is 17.1 Å². The summed E-state index contributed by atoms with van der Waals surface area (Å²) < 4.78 is 5.45. The Balaban J connectivity index is 1.64. The Morgan fingerprint density at radius 2 is 1.66 bits per heavy atom. The van der Waals surface area contributed by atoms with Crippen molar-refractivity contribution in [3.8, 4) is 29.4 Å². The molecule has 4 aromatic rings. The molecule has 6 heteroatoms. The van der Waals surface area contributed by atoms with E-state index in [1.807, 2.05) is 60.7 Å². The predicted molar refractivity (Wildman–Crippen MR) is 127 cm³/mol. The number of nitrogens with one attached hydrogen (secondary N) is 1. The molecule has 0 aliphatic heterocycles. The molecule has 1 N–H and O–H groups in total. The fourth-order valence-electron chi connectivity index (χ4n) is 3.33. The maximum Gasteiger partial charge on any atom is 0.253 e. The number of ether oxygens (including phenoxy) is 1. The van der Waals surface area contributed by atoms with Gasteiger partial charge in [-0.25, -0.2) is 0 Å². The third-order valence-electron chi connectivity index (χ3n) is 4.94. The van der Waals surface area contributed by atoms with Crippen molar-refractivity contribution in [3.05, 3.63) is 78.4 Å². The molecule has 0 bridgehead atoms. The van der Waals surface area contributed by atoms with Crippen LogP contribution in [-0.2, 0) is 0 Å². The highest BCUT2D eigenvalue weighted by Gasteiger charge is 2.12. The normalized spacial score (nSPS) is 10.4. The average Bonchev–Trinajstić information content (AvgIpc) is 2.83. The van der Waals surface area contributed by atoms with Crippen LogP contribution in [0, 0.1) is 12.3 Å². The Labute approximate surface area is 186 Å². The number of carbonyl (C=O) groups excluding carboxylic acids is 1. The van der Waals surface area contributed by atoms with Gasteiger partial charge in [0.2, 0.25) is 0 Å². The van der Waals surface area contributed by atoms with E-state index >= 15 is 0 Å². The third kappa shape index (κ3) is 4.37. The Morgan fingerprint density at radius 1 is 0.969 bits per heavy atom. The second kappa shape index (κ2) is 9.19. The first-order valence-electron chi connectivity index (χ1n) is 10.1. The predicted octanol–water partition coefficient (Wildman–Crippen LogP) is 4.75. The van der Waals surface area contributed by atoms with Crippen molar-refractivity contribution in [3.63, 3.8) is 0 Å². The third-order valence-corrected chi connectivity index (χ3v) is 4.94. The highest BCUT2D eigenvalue weighted by Crippen LogP contribution is 2.31. The van der Waals surface area contributed by atoms with Gasteiger partial charge in [0.15, 0.2) is 5.82 Å². The van der Waals surface area contributed by atoms with Crippen LogP contribution in [0.15, 0.2) is 72.8 Å². The highest BCUT2D eigenvalue weighted by atomic mass is 16.5. The van der Waals surface area contributed by atoms with Crippen molar-refractivity contribution in [2.45, 2.75) is 0 Å². The van der Waals surface area contributed by atoms with Crippen LogP contribution in [0.5, 0.6) is 5.75 Å². The molecule has 4 rings (SSSR count). The molecule has 3 aromatic carbocycles. The van der Waals surface area contributed by atoms with E-state index in [0.717, 1.165) is 27.7 Å². The molecular formula is C26H22N4O2. The van der Waals surface area contributed by atoms with E-state index in [-0.39, 0.29) is 12.5 Å². The first kappa shape index (κ1) is 20.9. The number of hydrogen-bond acceptors (Lipinski definition) is 5. The van der Waals surface area contributed by atoms with Crippen LogP contribution >= 0.6 is 0 Å². The number of amides is 1. The molecule has 0 atom stereocenters. The zero-order valence-corrected chi connectivity index (χ0v) is 17.9. The van der Waals surface area contributed by atoms with Gasteiger partial charge in [-0.1, -0.05) is 30.2 Å². The topological polar surface area (TPSA) is 67.4 Å². The first-order chi connectivity index (χ1) is 15.6. The standard InChI is InChI=1S/C26H22N4O2/c1-4-17-32-21-15-11-18(12-16-21)24-22-7-5-6-8-23(22)25(29-28-24)27-20-13-9-19(10-14-20)26(31)30(2)3/h1,5-16H,17H2,2-3H3,(H,27,29). The van der Waals surface area contributed by atoms with Crippen LogP contribution < -0.4 is 10.1 Å². The van der Waals surface area contributed by atoms with Crippen LogP contribution in [-0.4, -0.2) is 41.7 Å². The van der Waals surface area contributed by atoms with E-state index in [2.05, 4.69) is 21.4 Å². The summed E-state index contributed by atoms with van der Waals surface area (Å²) in [6.45, 7) is 0.229. The Bertz CT molecular complexity index is 1290. The van der Waals surface area contributed by atoms with Crippen LogP contribution in [0.25, 0.3) is 22.0 Å². The van der Waals surface area contributed by atoms with Gasteiger partial charge in [-0.2, -0.15) is 0 Å². The second-order valence-electron chi connectivity index (χ2n) is 7.36. The van der Waals surface area contributed by atoms with Gasteiger partial charge in [0, 0.05) is 41.7 Å². The number of terminal acetylenes is 1. The van der Waals surface area contributed by atoms with E-state index < -0.39 is 0 Å². The number of benzene rings is 3. The number of fused-ring (bicyclic) bond motifs is 1. The molecule has 0 unspecified atom stereocenters. The summed E-state index contributed by atoms with van der Waals surface area (Å²) in [5.41, 5.74) is 3.16. The van der Waals surface area contributed by atoms with Crippen molar-refractivity contribution in [1.82, 2.24) is 15.1 Å². The SMILES string of the molecule is C#CCOc1ccc(-c2nnc(Nc3ccc(C(=O)N(C)C)cc3)c3ccccc23)cc1. The maximum atomic E-state index is 12.1. The van der Waals surface area contributed by atoms with Gasteiger partial charge < -0.3 is 15.0 Å². The molecule has 0 radical (unpaired) electrons. The summed E-state index contributed by atoms with van der Waals surface area (Å²) >= 11 is 0. The van der Waals surface area contributed by atoms with Crippen LogP contribution in [0.3, 0.4) is 0 Å². The fourth-order valence-corrected chi connectivity index (χ4v) is 3.33. The Kier molecular flexibility index (Phi) is 6.00. The molecule has 6 nitrogen and oxygen atoms in total. The molecule has 1 heterocycles. The molecular weight excluding hydrogens is 400 g/mol. The van der Waals surface area contributed by atoms with Gasteiger partial charge in [0.25, 0.3) is 5.91 Å². The number of carbonyl (C=O) groups is 1. The summed E-state index contributed by atoms with van der Waals surface area (Å²) in [6.07, 6.45) is 5.25. The summed E-state index contributed by atoms with van der Waals surface area (Å²) in [6, 6.07) is 22.9. The Morgan fingerprint density at radius 3 is 2.31 bits per heavy atom. The molecule has 32 heavy (non-hydrogen) atoms. The molecule has 0 aliphatic rings. The lowest BCUT2D eigenvalue weighted by Crippen LogP contribution is -2.21. The lowest BCUT2D eigenvalue weighted by molar-refractivity contribution is 0.0827. The van der Waals surface area contributed by atoms with Crippen LogP contribution in [0.2, 0.25) is 0 Å². The molecule has 158 valence electrons. The van der Waals surface area contributed by atoms with Crippen LogP contribution in [0.1, 0.15) is 10.4 Å². The minimum atomic E-state index is -0.0400. The smallest absolute Gasteiger partial charge is 0.253 e. The van der Waals surface area contributed by atoms with Gasteiger partial charge in [-0.3, -0.25) is 4.79 Å². The molecule has 0 saturated heterocycles. The lowest BCUT2D eigenvalue weighted by atomic mass is 10.0. The van der Waals surface area contributed by atoms with E-state index in [4.69, 9.17) is 11.2 Å².